The first-order valence-electron chi connectivity index (χ1n) is 5.76. The first-order valence-corrected chi connectivity index (χ1v) is 5.76. The maximum atomic E-state index is 10.8. The van der Waals surface area contributed by atoms with Crippen LogP contribution >= 0.6 is 0 Å². The fraction of sp³-hybridized carbons (Fsp3) is 0.909. The molecule has 1 amide bonds. The smallest absolute Gasteiger partial charge is 0.219 e. The Kier molecular flexibility index (Phi) is 4.54. The quantitative estimate of drug-likeness (QED) is 0.618. The number of primary amides is 1. The van der Waals surface area contributed by atoms with Gasteiger partial charge in [0.05, 0.1) is 0 Å². The van der Waals surface area contributed by atoms with Crippen molar-refractivity contribution in [2.24, 2.45) is 5.73 Å². The number of carbonyl (C=O) groups is 1. The number of hydrogen-bond acceptors (Lipinski definition) is 3. The molecular weight excluding hydrogens is 190 g/mol. The van der Waals surface area contributed by atoms with Gasteiger partial charge in [0, 0.05) is 24.5 Å². The van der Waals surface area contributed by atoms with Gasteiger partial charge in [-0.05, 0) is 33.2 Å². The van der Waals surface area contributed by atoms with E-state index in [1.807, 2.05) is 13.8 Å². The lowest BCUT2D eigenvalue weighted by Crippen LogP contribution is -2.50. The molecule has 15 heavy (non-hydrogen) atoms. The molecule has 0 aromatic rings. The average Bonchev–Trinajstić information content (AvgIpc) is 2.15. The van der Waals surface area contributed by atoms with Crippen LogP contribution in [0.25, 0.3) is 0 Å². The molecule has 1 atom stereocenters. The first-order chi connectivity index (χ1) is 6.99. The maximum absolute atomic E-state index is 10.8. The van der Waals surface area contributed by atoms with Crippen LogP contribution in [0.3, 0.4) is 0 Å². The highest BCUT2D eigenvalue weighted by atomic mass is 16.1. The van der Waals surface area contributed by atoms with Crippen molar-refractivity contribution in [1.82, 2.24) is 10.6 Å². The Morgan fingerprint density at radius 3 is 2.80 bits per heavy atom. The molecular formula is C11H23N3O. The summed E-state index contributed by atoms with van der Waals surface area (Å²) in [4.78, 5) is 10.8. The van der Waals surface area contributed by atoms with E-state index in [-0.39, 0.29) is 11.4 Å². The van der Waals surface area contributed by atoms with Crippen molar-refractivity contribution < 1.29 is 4.79 Å². The van der Waals surface area contributed by atoms with Crippen molar-refractivity contribution in [3.05, 3.63) is 0 Å². The number of nitrogens with one attached hydrogen (secondary N) is 2. The average molecular weight is 213 g/mol. The van der Waals surface area contributed by atoms with Crippen molar-refractivity contribution in [3.63, 3.8) is 0 Å². The van der Waals surface area contributed by atoms with E-state index in [9.17, 15) is 4.79 Å². The topological polar surface area (TPSA) is 67.2 Å². The van der Waals surface area contributed by atoms with Gasteiger partial charge in [-0.2, -0.15) is 0 Å². The normalized spacial score (nSPS) is 22.7. The molecule has 0 bridgehead atoms. The van der Waals surface area contributed by atoms with Crippen LogP contribution in [0.4, 0.5) is 0 Å². The molecule has 4 N–H and O–H groups in total. The predicted octanol–water partition coefficient (Wildman–Crippen LogP) is 0.372. The third-order valence-corrected chi connectivity index (χ3v) is 2.86. The van der Waals surface area contributed by atoms with Crippen LogP contribution < -0.4 is 16.4 Å². The van der Waals surface area contributed by atoms with E-state index in [0.29, 0.717) is 12.5 Å². The van der Waals surface area contributed by atoms with Gasteiger partial charge < -0.3 is 16.4 Å². The van der Waals surface area contributed by atoms with Crippen molar-refractivity contribution >= 4 is 5.91 Å². The highest BCUT2D eigenvalue weighted by molar-refractivity contribution is 5.74. The lowest BCUT2D eigenvalue weighted by Gasteiger charge is -2.30. The highest BCUT2D eigenvalue weighted by Gasteiger charge is 2.22. The van der Waals surface area contributed by atoms with Gasteiger partial charge in [0.1, 0.15) is 0 Å². The van der Waals surface area contributed by atoms with E-state index in [1.54, 1.807) is 0 Å². The van der Waals surface area contributed by atoms with Crippen LogP contribution in [0.5, 0.6) is 0 Å². The SMILES string of the molecule is CC(C)(CC(N)=O)NCC1CCCCN1. The number of amides is 1. The van der Waals surface area contributed by atoms with Crippen molar-refractivity contribution in [1.29, 1.82) is 0 Å². The van der Waals surface area contributed by atoms with Crippen LogP contribution in [0, 0.1) is 0 Å². The molecule has 1 fully saturated rings. The fourth-order valence-electron chi connectivity index (χ4n) is 2.00. The van der Waals surface area contributed by atoms with E-state index < -0.39 is 0 Å². The molecule has 1 aliphatic heterocycles. The molecule has 1 saturated heterocycles. The summed E-state index contributed by atoms with van der Waals surface area (Å²) in [5.74, 6) is -0.246. The van der Waals surface area contributed by atoms with Crippen LogP contribution in [-0.2, 0) is 4.79 Å². The molecule has 88 valence electrons. The second-order valence-electron chi connectivity index (χ2n) is 5.05. The molecule has 1 aliphatic rings. The summed E-state index contributed by atoms with van der Waals surface area (Å²) in [5.41, 5.74) is 5.00. The van der Waals surface area contributed by atoms with Crippen LogP contribution in [0.2, 0.25) is 0 Å². The number of nitrogens with two attached hydrogens (primary N) is 1. The third-order valence-electron chi connectivity index (χ3n) is 2.86. The third kappa shape index (κ3) is 5.14. The van der Waals surface area contributed by atoms with E-state index in [1.165, 1.54) is 19.3 Å². The van der Waals surface area contributed by atoms with Gasteiger partial charge in [-0.25, -0.2) is 0 Å². The molecule has 0 aromatic heterocycles. The van der Waals surface area contributed by atoms with E-state index >= 15 is 0 Å². The summed E-state index contributed by atoms with van der Waals surface area (Å²) in [6.45, 7) is 6.06. The zero-order chi connectivity index (χ0) is 11.3. The Morgan fingerprint density at radius 1 is 1.53 bits per heavy atom. The Morgan fingerprint density at radius 2 is 2.27 bits per heavy atom. The standard InChI is InChI=1S/C11H23N3O/c1-11(2,7-10(12)15)14-8-9-5-3-4-6-13-9/h9,13-14H,3-8H2,1-2H3,(H2,12,15). The van der Waals surface area contributed by atoms with Crippen molar-refractivity contribution in [2.75, 3.05) is 13.1 Å². The van der Waals surface area contributed by atoms with Crippen LogP contribution in [0.15, 0.2) is 0 Å². The minimum absolute atomic E-state index is 0.190. The number of carbonyl (C=O) groups excluding carboxylic acids is 1. The largest absolute Gasteiger partial charge is 0.370 e. The molecule has 1 unspecified atom stereocenters. The summed E-state index contributed by atoms with van der Waals surface area (Å²) in [6, 6.07) is 0.547. The number of hydrogen-bond donors (Lipinski definition) is 3. The number of rotatable bonds is 5. The minimum Gasteiger partial charge on any atom is -0.370 e. The molecule has 0 radical (unpaired) electrons. The predicted molar refractivity (Wildman–Crippen MR) is 61.5 cm³/mol. The highest BCUT2D eigenvalue weighted by Crippen LogP contribution is 2.10. The minimum atomic E-state index is -0.246. The van der Waals surface area contributed by atoms with Crippen LogP contribution in [0.1, 0.15) is 39.5 Å². The molecule has 0 saturated carbocycles. The molecule has 0 aromatic carbocycles. The van der Waals surface area contributed by atoms with Gasteiger partial charge in [-0.3, -0.25) is 4.79 Å². The van der Waals surface area contributed by atoms with E-state index in [4.69, 9.17) is 5.73 Å². The summed E-state index contributed by atoms with van der Waals surface area (Å²) in [7, 11) is 0. The van der Waals surface area contributed by atoms with E-state index in [2.05, 4.69) is 10.6 Å². The molecule has 0 aliphatic carbocycles. The summed E-state index contributed by atoms with van der Waals surface area (Å²) < 4.78 is 0. The Bertz CT molecular complexity index is 210. The first kappa shape index (κ1) is 12.5. The fourth-order valence-corrected chi connectivity index (χ4v) is 2.00. The monoisotopic (exact) mass is 213 g/mol. The molecule has 1 rings (SSSR count). The molecule has 1 heterocycles. The van der Waals surface area contributed by atoms with Gasteiger partial charge in [0.15, 0.2) is 0 Å². The van der Waals surface area contributed by atoms with Crippen molar-refractivity contribution in [2.45, 2.75) is 51.1 Å². The lowest BCUT2D eigenvalue weighted by molar-refractivity contribution is -0.119. The van der Waals surface area contributed by atoms with Gasteiger partial charge in [-0.15, -0.1) is 0 Å². The maximum Gasteiger partial charge on any atom is 0.219 e. The van der Waals surface area contributed by atoms with Crippen molar-refractivity contribution in [3.8, 4) is 0 Å². The van der Waals surface area contributed by atoms with E-state index in [0.717, 1.165) is 13.1 Å². The summed E-state index contributed by atoms with van der Waals surface area (Å²) in [5, 5.41) is 6.86. The summed E-state index contributed by atoms with van der Waals surface area (Å²) in [6.07, 6.45) is 4.19. The Balaban J connectivity index is 2.24. The molecule has 4 nitrogen and oxygen atoms in total. The zero-order valence-electron chi connectivity index (χ0n) is 9.81. The van der Waals surface area contributed by atoms with Gasteiger partial charge >= 0.3 is 0 Å². The number of piperidine rings is 1. The molecule has 0 spiro atoms. The second-order valence-corrected chi connectivity index (χ2v) is 5.05. The molecule has 4 heteroatoms. The second kappa shape index (κ2) is 5.47. The Labute approximate surface area is 92.0 Å². The van der Waals surface area contributed by atoms with Gasteiger partial charge in [0.25, 0.3) is 0 Å². The lowest BCUT2D eigenvalue weighted by atomic mass is 9.98. The Hall–Kier alpha value is -0.610. The van der Waals surface area contributed by atoms with Gasteiger partial charge in [0.2, 0.25) is 5.91 Å². The summed E-state index contributed by atoms with van der Waals surface area (Å²) >= 11 is 0. The zero-order valence-corrected chi connectivity index (χ0v) is 9.81. The van der Waals surface area contributed by atoms with Crippen LogP contribution in [-0.4, -0.2) is 30.6 Å². The van der Waals surface area contributed by atoms with Gasteiger partial charge in [-0.1, -0.05) is 6.42 Å².